The molecule has 0 saturated heterocycles. The van der Waals surface area contributed by atoms with Gasteiger partial charge in [0, 0.05) is 55.3 Å². The van der Waals surface area contributed by atoms with Crippen LogP contribution < -0.4 is 4.90 Å². The highest BCUT2D eigenvalue weighted by molar-refractivity contribution is 6.02. The first-order valence-corrected chi connectivity index (χ1v) is 12.1. The van der Waals surface area contributed by atoms with Crippen LogP contribution in [0.4, 0.5) is 5.69 Å². The fourth-order valence-electron chi connectivity index (χ4n) is 4.55. The first-order chi connectivity index (χ1) is 16.0. The monoisotopic (exact) mass is 464 g/mol. The number of methoxy groups -OCH3 is 1. The van der Waals surface area contributed by atoms with Gasteiger partial charge in [-0.2, -0.15) is 0 Å². The predicted molar refractivity (Wildman–Crippen MR) is 141 cm³/mol. The lowest BCUT2D eigenvalue weighted by Crippen LogP contribution is -2.35. The Labute approximate surface area is 204 Å². The van der Waals surface area contributed by atoms with E-state index in [-0.39, 0.29) is 18.1 Å². The number of amides is 1. The number of fused-ring (bicyclic) bond motifs is 1. The molecule has 5 nitrogen and oxygen atoms in total. The number of nitrogens with zero attached hydrogens (tertiary/aromatic N) is 2. The number of benzene rings is 1. The molecule has 0 atom stereocenters. The maximum absolute atomic E-state index is 13.8. The second-order valence-corrected chi connectivity index (χ2v) is 10.3. The van der Waals surface area contributed by atoms with Crippen molar-refractivity contribution in [2.24, 2.45) is 12.5 Å². The van der Waals surface area contributed by atoms with E-state index in [0.717, 1.165) is 35.9 Å². The molecule has 0 spiro atoms. The topological polar surface area (TPSA) is 43.7 Å². The Kier molecular flexibility index (Phi) is 7.77. The minimum Gasteiger partial charge on any atom is -0.472 e. The van der Waals surface area contributed by atoms with Crippen LogP contribution in [0.5, 0.6) is 0 Å². The highest BCUT2D eigenvalue weighted by Gasteiger charge is 2.53. The molecule has 5 heteroatoms. The molecule has 0 bridgehead atoms. The van der Waals surface area contributed by atoms with Gasteiger partial charge in [0.15, 0.2) is 6.79 Å². The zero-order valence-corrected chi connectivity index (χ0v) is 21.9. The number of ether oxygens (including phenoxy) is 2. The van der Waals surface area contributed by atoms with Crippen LogP contribution in [-0.2, 0) is 26.7 Å². The SMILES string of the molecule is C=C(C/C=C(\C=C/CC)C1(C(=O)N(C)c2ccc3c(c2)cc(C(C)(C)C)n3C)CC1)OCOC. The molecule has 2 aromatic rings. The van der Waals surface area contributed by atoms with Gasteiger partial charge in [0.2, 0.25) is 5.91 Å². The lowest BCUT2D eigenvalue weighted by Gasteiger charge is -2.25. The first kappa shape index (κ1) is 25.8. The molecule has 0 radical (unpaired) electrons. The maximum Gasteiger partial charge on any atom is 0.237 e. The maximum atomic E-state index is 13.8. The molecule has 1 aliphatic rings. The fourth-order valence-corrected chi connectivity index (χ4v) is 4.55. The molecule has 1 amide bonds. The summed E-state index contributed by atoms with van der Waals surface area (Å²) in [6, 6.07) is 8.54. The molecule has 0 unspecified atom stereocenters. The highest BCUT2D eigenvalue weighted by atomic mass is 16.7. The molecule has 1 fully saturated rings. The molecule has 1 saturated carbocycles. The van der Waals surface area contributed by atoms with Crippen molar-refractivity contribution in [3.8, 4) is 0 Å². The van der Waals surface area contributed by atoms with Crippen molar-refractivity contribution in [2.45, 2.75) is 58.8 Å². The number of hydrogen-bond acceptors (Lipinski definition) is 3. The van der Waals surface area contributed by atoms with Crippen LogP contribution in [-0.4, -0.2) is 31.4 Å². The van der Waals surface area contributed by atoms with Crippen LogP contribution in [0.15, 0.2) is 60.4 Å². The standard InChI is InChI=1S/C29H40N2O3/c1-9-10-11-23(13-12-21(2)34-20-33-8)29(16-17-29)27(32)30(6)24-14-15-25-22(18-24)19-26(31(25)7)28(3,4)5/h10-11,13-15,18-19H,2,9,12,16-17,20H2,1,3-8H3/b11-10-,23-13+. The second-order valence-electron chi connectivity index (χ2n) is 10.3. The molecule has 1 aromatic heterocycles. The number of rotatable bonds is 10. The second kappa shape index (κ2) is 10.2. The van der Waals surface area contributed by atoms with E-state index < -0.39 is 5.41 Å². The summed E-state index contributed by atoms with van der Waals surface area (Å²) in [5.74, 6) is 0.763. The minimum absolute atomic E-state index is 0.0516. The summed E-state index contributed by atoms with van der Waals surface area (Å²) in [6.45, 7) is 12.9. The Morgan fingerprint density at radius 1 is 1.26 bits per heavy atom. The van der Waals surface area contributed by atoms with Gasteiger partial charge in [-0.25, -0.2) is 0 Å². The third kappa shape index (κ3) is 5.30. The normalized spacial score (nSPS) is 15.7. The Hall–Kier alpha value is -2.79. The lowest BCUT2D eigenvalue weighted by molar-refractivity contribution is -0.122. The van der Waals surface area contributed by atoms with Crippen molar-refractivity contribution in [3.63, 3.8) is 0 Å². The minimum atomic E-state index is -0.482. The number of hydrogen-bond donors (Lipinski definition) is 0. The molecular weight excluding hydrogens is 424 g/mol. The van der Waals surface area contributed by atoms with E-state index >= 15 is 0 Å². The zero-order chi connectivity index (χ0) is 25.1. The number of allylic oxidation sites excluding steroid dienone is 3. The van der Waals surface area contributed by atoms with Crippen molar-refractivity contribution in [1.82, 2.24) is 4.57 Å². The van der Waals surface area contributed by atoms with Crippen LogP contribution in [0, 0.1) is 5.41 Å². The van der Waals surface area contributed by atoms with Crippen LogP contribution in [0.1, 0.15) is 59.1 Å². The van der Waals surface area contributed by atoms with Gasteiger partial charge in [-0.15, -0.1) is 0 Å². The van der Waals surface area contributed by atoms with Crippen molar-refractivity contribution < 1.29 is 14.3 Å². The van der Waals surface area contributed by atoms with E-state index in [1.165, 1.54) is 11.2 Å². The van der Waals surface area contributed by atoms with Gasteiger partial charge in [-0.1, -0.05) is 52.5 Å². The van der Waals surface area contributed by atoms with E-state index in [1.807, 2.05) is 11.9 Å². The predicted octanol–water partition coefficient (Wildman–Crippen LogP) is 6.64. The van der Waals surface area contributed by atoms with Gasteiger partial charge >= 0.3 is 0 Å². The van der Waals surface area contributed by atoms with Crippen LogP contribution in [0.3, 0.4) is 0 Å². The van der Waals surface area contributed by atoms with E-state index in [0.29, 0.717) is 12.2 Å². The summed E-state index contributed by atoms with van der Waals surface area (Å²) in [7, 11) is 5.58. The zero-order valence-electron chi connectivity index (χ0n) is 21.9. The molecule has 1 aromatic carbocycles. The Bertz CT molecular complexity index is 1110. The molecule has 0 N–H and O–H groups in total. The van der Waals surface area contributed by atoms with Gasteiger partial charge < -0.3 is 18.9 Å². The van der Waals surface area contributed by atoms with Crippen LogP contribution >= 0.6 is 0 Å². The lowest BCUT2D eigenvalue weighted by atomic mass is 9.91. The summed E-state index contributed by atoms with van der Waals surface area (Å²) in [4.78, 5) is 15.6. The summed E-state index contributed by atoms with van der Waals surface area (Å²) < 4.78 is 12.7. The van der Waals surface area contributed by atoms with E-state index in [1.54, 1.807) is 7.11 Å². The number of carbonyl (C=O) groups excluding carboxylic acids is 1. The van der Waals surface area contributed by atoms with Gasteiger partial charge in [-0.05, 0) is 49.1 Å². The summed E-state index contributed by atoms with van der Waals surface area (Å²) in [6.07, 6.45) is 9.46. The summed E-state index contributed by atoms with van der Waals surface area (Å²) >= 11 is 0. The molecule has 34 heavy (non-hydrogen) atoms. The Morgan fingerprint density at radius 2 is 1.97 bits per heavy atom. The van der Waals surface area contributed by atoms with E-state index in [4.69, 9.17) is 9.47 Å². The fraction of sp³-hybridized carbons (Fsp3) is 0.483. The average molecular weight is 465 g/mol. The van der Waals surface area contributed by atoms with Crippen molar-refractivity contribution >= 4 is 22.5 Å². The Balaban J connectivity index is 1.88. The molecular formula is C29H40N2O3. The van der Waals surface area contributed by atoms with Gasteiger partial charge in [0.1, 0.15) is 0 Å². The van der Waals surface area contributed by atoms with Crippen molar-refractivity contribution in [2.75, 3.05) is 25.9 Å². The van der Waals surface area contributed by atoms with Crippen molar-refractivity contribution in [1.29, 1.82) is 0 Å². The van der Waals surface area contributed by atoms with Gasteiger partial charge in [-0.3, -0.25) is 4.79 Å². The summed E-state index contributed by atoms with van der Waals surface area (Å²) in [5, 5.41) is 1.16. The number of anilines is 1. The van der Waals surface area contributed by atoms with Crippen LogP contribution in [0.25, 0.3) is 10.9 Å². The largest absolute Gasteiger partial charge is 0.472 e. The third-order valence-electron chi connectivity index (χ3n) is 6.66. The molecule has 184 valence electrons. The Morgan fingerprint density at radius 3 is 2.56 bits per heavy atom. The molecule has 3 rings (SSSR count). The number of carbonyl (C=O) groups is 1. The third-order valence-corrected chi connectivity index (χ3v) is 6.66. The van der Waals surface area contributed by atoms with Gasteiger partial charge in [0.05, 0.1) is 11.2 Å². The first-order valence-electron chi connectivity index (χ1n) is 12.1. The highest BCUT2D eigenvalue weighted by Crippen LogP contribution is 2.54. The van der Waals surface area contributed by atoms with Crippen molar-refractivity contribution in [3.05, 3.63) is 66.1 Å². The number of aryl methyl sites for hydroxylation is 1. The molecule has 1 heterocycles. The quantitative estimate of drug-likeness (QED) is 0.225. The molecule has 0 aliphatic heterocycles. The smallest absolute Gasteiger partial charge is 0.237 e. The summed E-state index contributed by atoms with van der Waals surface area (Å²) in [5.41, 5.74) is 3.99. The molecule has 1 aliphatic carbocycles. The van der Waals surface area contributed by atoms with Crippen LogP contribution in [0.2, 0.25) is 0 Å². The van der Waals surface area contributed by atoms with Gasteiger partial charge in [0.25, 0.3) is 0 Å². The van der Waals surface area contributed by atoms with E-state index in [2.05, 4.69) is 88.4 Å². The van der Waals surface area contributed by atoms with E-state index in [9.17, 15) is 4.79 Å². The average Bonchev–Trinajstić information content (AvgIpc) is 3.53. The number of aromatic nitrogens is 1.